The van der Waals surface area contributed by atoms with Crippen molar-refractivity contribution in [3.63, 3.8) is 0 Å². The Morgan fingerprint density at radius 1 is 1.16 bits per heavy atom. The lowest BCUT2D eigenvalue weighted by atomic mass is 9.44. The lowest BCUT2D eigenvalue weighted by Gasteiger charge is -2.60. The van der Waals surface area contributed by atoms with Crippen molar-refractivity contribution in [2.75, 3.05) is 0 Å². The highest BCUT2D eigenvalue weighted by atomic mass is 35.5. The predicted octanol–water partition coefficient (Wildman–Crippen LogP) is 5.00. The van der Waals surface area contributed by atoms with Gasteiger partial charge in [0, 0.05) is 28.2 Å². The van der Waals surface area contributed by atoms with Crippen LogP contribution in [0.3, 0.4) is 0 Å². The predicted molar refractivity (Wildman–Crippen MR) is 120 cm³/mol. The van der Waals surface area contributed by atoms with E-state index in [2.05, 4.69) is 39.8 Å². The van der Waals surface area contributed by atoms with E-state index in [1.165, 1.54) is 12.3 Å². The highest BCUT2D eigenvalue weighted by Gasteiger charge is 2.68. The lowest BCUT2D eigenvalue weighted by molar-refractivity contribution is -0.132. The van der Waals surface area contributed by atoms with Crippen molar-refractivity contribution in [1.82, 2.24) is 0 Å². The highest BCUT2D eigenvalue weighted by Crippen LogP contribution is 2.70. The Hall–Kier alpha value is -1.65. The van der Waals surface area contributed by atoms with E-state index >= 15 is 0 Å². The number of aliphatic hydroxyl groups is 1. The number of halogens is 1. The van der Waals surface area contributed by atoms with Crippen LogP contribution in [0.4, 0.5) is 0 Å². The molecule has 2 fully saturated rings. The number of hydrogen-bond acceptors (Lipinski definition) is 4. The fourth-order valence-corrected chi connectivity index (χ4v) is 8.40. The summed E-state index contributed by atoms with van der Waals surface area (Å²) < 4.78 is 5.15. The second-order valence-corrected chi connectivity index (χ2v) is 11.7. The van der Waals surface area contributed by atoms with Crippen LogP contribution in [-0.2, 0) is 4.79 Å². The monoisotopic (exact) mass is 442 g/mol. The van der Waals surface area contributed by atoms with Gasteiger partial charge in [-0.25, -0.2) is 4.79 Å². The molecule has 0 aromatic carbocycles. The first-order valence-electron chi connectivity index (χ1n) is 11.3. The molecular weight excluding hydrogens is 412 g/mol. The molecule has 4 nitrogen and oxygen atoms in total. The molecule has 1 heterocycles. The molecule has 5 heteroatoms. The van der Waals surface area contributed by atoms with Crippen LogP contribution >= 0.6 is 11.6 Å². The highest BCUT2D eigenvalue weighted by molar-refractivity contribution is 6.21. The van der Waals surface area contributed by atoms with E-state index in [1.807, 2.05) is 0 Å². The van der Waals surface area contributed by atoms with Crippen molar-refractivity contribution in [2.24, 2.45) is 28.1 Å². The van der Waals surface area contributed by atoms with Crippen LogP contribution in [0.25, 0.3) is 0 Å². The van der Waals surface area contributed by atoms with Crippen LogP contribution in [0, 0.1) is 28.1 Å². The number of alkyl halides is 1. The Balaban J connectivity index is 1.60. The van der Waals surface area contributed by atoms with Gasteiger partial charge in [-0.05, 0) is 66.2 Å². The molecule has 4 aliphatic carbocycles. The molecule has 1 aromatic heterocycles. The standard InChI is InChI=1S/C26H31ClO4/c1-23(2)19-7-6-17-16(24(19,3)11-10-20(23)28)9-12-25(4)22(18(27)13-26(17,25)30)15-5-8-21(29)31-14-15/h5-6,8,10-11,14,16,18-19,22,30H,7,9,12-13H2,1-4H3/t16-,18-,19-,22-,24+,25+,26-/m0/s1. The van der Waals surface area contributed by atoms with E-state index < -0.39 is 16.4 Å². The van der Waals surface area contributed by atoms with Gasteiger partial charge in [-0.15, -0.1) is 11.6 Å². The second kappa shape index (κ2) is 6.45. The number of hydrogen-bond donors (Lipinski definition) is 1. The molecule has 0 aliphatic heterocycles. The SMILES string of the molecule is CC1(C)C(=O)C=C[C@]2(C)[C@H]3CC[C@]4(C)[C@@H](c5ccc(=O)oc5)[C@@H](Cl)C[C@]4(O)C3=CC[C@@H]12. The molecule has 166 valence electrons. The van der Waals surface area contributed by atoms with E-state index in [9.17, 15) is 14.7 Å². The van der Waals surface area contributed by atoms with Crippen LogP contribution < -0.4 is 5.63 Å². The van der Waals surface area contributed by atoms with Gasteiger partial charge in [0.2, 0.25) is 0 Å². The zero-order valence-corrected chi connectivity index (χ0v) is 19.4. The van der Waals surface area contributed by atoms with Gasteiger partial charge in [0.15, 0.2) is 5.78 Å². The molecule has 0 amide bonds. The van der Waals surface area contributed by atoms with Crippen LogP contribution in [0.1, 0.15) is 64.9 Å². The molecule has 5 rings (SSSR count). The van der Waals surface area contributed by atoms with E-state index in [-0.39, 0.29) is 40.0 Å². The quantitative estimate of drug-likeness (QED) is 0.491. The maximum atomic E-state index is 12.6. The zero-order chi connectivity index (χ0) is 22.4. The van der Waals surface area contributed by atoms with Crippen LogP contribution in [0.2, 0.25) is 0 Å². The summed E-state index contributed by atoms with van der Waals surface area (Å²) in [4.78, 5) is 24.1. The van der Waals surface area contributed by atoms with Gasteiger partial charge in [-0.1, -0.05) is 39.8 Å². The second-order valence-electron chi connectivity index (χ2n) is 11.2. The normalized spacial score (nSPS) is 45.5. The van der Waals surface area contributed by atoms with Gasteiger partial charge in [0.1, 0.15) is 0 Å². The Labute approximate surface area is 188 Å². The molecule has 1 aromatic rings. The van der Waals surface area contributed by atoms with Crippen molar-refractivity contribution < 1.29 is 14.3 Å². The van der Waals surface area contributed by atoms with Crippen molar-refractivity contribution in [2.45, 2.75) is 70.3 Å². The first-order valence-corrected chi connectivity index (χ1v) is 11.8. The number of carbonyl (C=O) groups is 1. The Bertz CT molecular complexity index is 1050. The smallest absolute Gasteiger partial charge is 0.335 e. The Morgan fingerprint density at radius 3 is 2.58 bits per heavy atom. The third-order valence-corrected chi connectivity index (χ3v) is 9.95. The minimum absolute atomic E-state index is 0.101. The zero-order valence-electron chi connectivity index (χ0n) is 18.7. The Morgan fingerprint density at radius 2 is 1.90 bits per heavy atom. The summed E-state index contributed by atoms with van der Waals surface area (Å²) in [7, 11) is 0. The topological polar surface area (TPSA) is 67.5 Å². The average Bonchev–Trinajstić information content (AvgIpc) is 2.91. The summed E-state index contributed by atoms with van der Waals surface area (Å²) in [5, 5.41) is 12.0. The van der Waals surface area contributed by atoms with Crippen molar-refractivity contribution in [3.05, 3.63) is 58.2 Å². The number of fused-ring (bicyclic) bond motifs is 5. The van der Waals surface area contributed by atoms with Crippen molar-refractivity contribution >= 4 is 17.4 Å². The maximum absolute atomic E-state index is 12.6. The van der Waals surface area contributed by atoms with Crippen molar-refractivity contribution in [3.8, 4) is 0 Å². The van der Waals surface area contributed by atoms with Gasteiger partial charge in [-0.2, -0.15) is 0 Å². The summed E-state index contributed by atoms with van der Waals surface area (Å²) in [6.45, 7) is 8.53. The average molecular weight is 443 g/mol. The molecule has 0 bridgehead atoms. The summed E-state index contributed by atoms with van der Waals surface area (Å²) in [5.74, 6) is 0.491. The largest absolute Gasteiger partial charge is 0.431 e. The van der Waals surface area contributed by atoms with Gasteiger partial charge < -0.3 is 9.52 Å². The first kappa shape index (κ1) is 21.2. The first-order chi connectivity index (χ1) is 14.4. The van der Waals surface area contributed by atoms with Gasteiger partial charge >= 0.3 is 5.63 Å². The van der Waals surface area contributed by atoms with Gasteiger partial charge in [-0.3, -0.25) is 4.79 Å². The summed E-state index contributed by atoms with van der Waals surface area (Å²) in [6, 6.07) is 3.22. The number of ketones is 1. The van der Waals surface area contributed by atoms with E-state index in [4.69, 9.17) is 16.0 Å². The van der Waals surface area contributed by atoms with E-state index in [1.54, 1.807) is 12.1 Å². The van der Waals surface area contributed by atoms with E-state index in [0.29, 0.717) is 6.42 Å². The number of rotatable bonds is 1. The third kappa shape index (κ3) is 2.58. The molecule has 4 aliphatic rings. The van der Waals surface area contributed by atoms with Gasteiger partial charge in [0.25, 0.3) is 0 Å². The molecule has 0 spiro atoms. The summed E-state index contributed by atoms with van der Waals surface area (Å²) in [6.07, 6.45) is 10.6. The van der Waals surface area contributed by atoms with Crippen molar-refractivity contribution in [1.29, 1.82) is 0 Å². The lowest BCUT2D eigenvalue weighted by Crippen LogP contribution is -2.58. The molecule has 7 atom stereocenters. The Kier molecular flexibility index (Phi) is 4.41. The molecule has 0 radical (unpaired) electrons. The fourth-order valence-electron chi connectivity index (χ4n) is 7.75. The molecule has 0 saturated heterocycles. The minimum atomic E-state index is -1.02. The third-order valence-electron chi connectivity index (χ3n) is 9.55. The molecule has 0 unspecified atom stereocenters. The van der Waals surface area contributed by atoms with Gasteiger partial charge in [0.05, 0.1) is 11.9 Å². The molecule has 31 heavy (non-hydrogen) atoms. The number of carbonyl (C=O) groups excluding carboxylic acids is 1. The molecule has 1 N–H and O–H groups in total. The minimum Gasteiger partial charge on any atom is -0.431 e. The van der Waals surface area contributed by atoms with Crippen LogP contribution in [0.15, 0.2) is 51.4 Å². The summed E-state index contributed by atoms with van der Waals surface area (Å²) in [5.41, 5.74) is -0.457. The van der Waals surface area contributed by atoms with Crippen LogP contribution in [0.5, 0.6) is 0 Å². The fraction of sp³-hybridized carbons (Fsp3) is 0.615. The number of allylic oxidation sites excluding steroid dienone is 3. The summed E-state index contributed by atoms with van der Waals surface area (Å²) >= 11 is 6.91. The van der Waals surface area contributed by atoms with E-state index in [0.717, 1.165) is 30.4 Å². The maximum Gasteiger partial charge on any atom is 0.335 e. The van der Waals surface area contributed by atoms with Crippen LogP contribution in [-0.4, -0.2) is 21.9 Å². The molecular formula is C26H31ClO4. The molecule has 2 saturated carbocycles.